The first-order valence-electron chi connectivity index (χ1n) is 11.3. The van der Waals surface area contributed by atoms with Gasteiger partial charge in [-0.15, -0.1) is 10.2 Å². The maximum Gasteiger partial charge on any atom is 0.277 e. The monoisotopic (exact) mass is 478 g/mol. The van der Waals surface area contributed by atoms with Crippen molar-refractivity contribution in [1.29, 1.82) is 0 Å². The Bertz CT molecular complexity index is 1300. The van der Waals surface area contributed by atoms with Crippen LogP contribution in [0.5, 0.6) is 11.5 Å². The third-order valence-corrected chi connectivity index (χ3v) is 6.49. The zero-order valence-corrected chi connectivity index (χ0v) is 19.9. The SMILES string of the molecule is CC(C)[C@@H](NC(=O)CSc1nnc(-c2c[nH]c3ccccc23)o1)c1ccc2c(c1)OCCCO2. The second-order valence-electron chi connectivity index (χ2n) is 8.46. The first-order chi connectivity index (χ1) is 16.6. The molecule has 1 aliphatic rings. The molecule has 0 radical (unpaired) electrons. The van der Waals surface area contributed by atoms with E-state index in [1.165, 1.54) is 11.8 Å². The lowest BCUT2D eigenvalue weighted by Gasteiger charge is -2.23. The van der Waals surface area contributed by atoms with Gasteiger partial charge in [-0.1, -0.05) is 49.9 Å². The van der Waals surface area contributed by atoms with Crippen LogP contribution in [0, 0.1) is 5.92 Å². The summed E-state index contributed by atoms with van der Waals surface area (Å²) in [5, 5.41) is 12.8. The van der Waals surface area contributed by atoms with Gasteiger partial charge in [0.2, 0.25) is 5.91 Å². The van der Waals surface area contributed by atoms with E-state index in [1.54, 1.807) is 0 Å². The number of nitrogens with zero attached hydrogens (tertiary/aromatic N) is 2. The number of H-pyrrole nitrogens is 1. The summed E-state index contributed by atoms with van der Waals surface area (Å²) in [6.07, 6.45) is 2.70. The molecule has 0 saturated carbocycles. The van der Waals surface area contributed by atoms with Crippen LogP contribution in [0.15, 0.2) is 58.3 Å². The fourth-order valence-electron chi connectivity index (χ4n) is 3.98. The van der Waals surface area contributed by atoms with Crippen LogP contribution in [0.25, 0.3) is 22.4 Å². The van der Waals surface area contributed by atoms with Crippen molar-refractivity contribution >= 4 is 28.6 Å². The average Bonchev–Trinajstić information content (AvgIpc) is 3.41. The van der Waals surface area contributed by atoms with Crippen LogP contribution >= 0.6 is 11.8 Å². The fourth-order valence-corrected chi connectivity index (χ4v) is 4.55. The maximum absolute atomic E-state index is 12.8. The normalized spacial score (nSPS) is 14.2. The number of fused-ring (bicyclic) bond motifs is 2. The van der Waals surface area contributed by atoms with Crippen molar-refractivity contribution in [3.63, 3.8) is 0 Å². The molecule has 1 amide bonds. The molecule has 0 aliphatic carbocycles. The highest BCUT2D eigenvalue weighted by Crippen LogP contribution is 2.34. The molecule has 176 valence electrons. The highest BCUT2D eigenvalue weighted by Gasteiger charge is 2.22. The zero-order chi connectivity index (χ0) is 23.5. The molecule has 2 aromatic carbocycles. The van der Waals surface area contributed by atoms with Crippen molar-refractivity contribution in [2.24, 2.45) is 5.92 Å². The molecule has 3 heterocycles. The van der Waals surface area contributed by atoms with Gasteiger partial charge >= 0.3 is 0 Å². The summed E-state index contributed by atoms with van der Waals surface area (Å²) in [7, 11) is 0. The van der Waals surface area contributed by atoms with E-state index in [-0.39, 0.29) is 23.6 Å². The Labute approximate surface area is 201 Å². The molecule has 8 nitrogen and oxygen atoms in total. The van der Waals surface area contributed by atoms with E-state index < -0.39 is 0 Å². The molecule has 34 heavy (non-hydrogen) atoms. The van der Waals surface area contributed by atoms with Crippen molar-refractivity contribution in [2.75, 3.05) is 19.0 Å². The molecule has 2 aromatic heterocycles. The van der Waals surface area contributed by atoms with Crippen LogP contribution in [0.1, 0.15) is 31.9 Å². The van der Waals surface area contributed by atoms with Crippen molar-refractivity contribution in [1.82, 2.24) is 20.5 Å². The van der Waals surface area contributed by atoms with Crippen LogP contribution in [0.3, 0.4) is 0 Å². The Morgan fingerprint density at radius 3 is 2.79 bits per heavy atom. The Hall–Kier alpha value is -3.46. The van der Waals surface area contributed by atoms with E-state index >= 15 is 0 Å². The number of hydrogen-bond donors (Lipinski definition) is 2. The Kier molecular flexibility index (Phi) is 6.44. The highest BCUT2D eigenvalue weighted by molar-refractivity contribution is 7.99. The average molecular weight is 479 g/mol. The lowest BCUT2D eigenvalue weighted by Crippen LogP contribution is -2.33. The number of thioether (sulfide) groups is 1. The lowest BCUT2D eigenvalue weighted by atomic mass is 9.95. The number of carbonyl (C=O) groups excluding carboxylic acids is 1. The van der Waals surface area contributed by atoms with Crippen LogP contribution < -0.4 is 14.8 Å². The lowest BCUT2D eigenvalue weighted by molar-refractivity contribution is -0.119. The minimum atomic E-state index is -0.158. The molecule has 5 rings (SSSR count). The molecule has 9 heteroatoms. The number of para-hydroxylation sites is 1. The van der Waals surface area contributed by atoms with Gasteiger partial charge in [-0.05, 0) is 29.7 Å². The number of aromatic amines is 1. The minimum absolute atomic E-state index is 0.109. The molecule has 0 unspecified atom stereocenters. The number of hydrogen-bond acceptors (Lipinski definition) is 7. The van der Waals surface area contributed by atoms with E-state index in [4.69, 9.17) is 13.9 Å². The van der Waals surface area contributed by atoms with E-state index in [1.807, 2.05) is 48.7 Å². The minimum Gasteiger partial charge on any atom is -0.490 e. The van der Waals surface area contributed by atoms with Crippen LogP contribution in [0.4, 0.5) is 0 Å². The van der Waals surface area contributed by atoms with E-state index in [0.717, 1.165) is 39.9 Å². The van der Waals surface area contributed by atoms with Gasteiger partial charge in [0.25, 0.3) is 11.1 Å². The molecule has 1 aliphatic heterocycles. The largest absolute Gasteiger partial charge is 0.490 e. The topological polar surface area (TPSA) is 102 Å². The standard InChI is InChI=1S/C25H26N4O4S/c1-15(2)23(16-8-9-20-21(12-16)32-11-5-10-31-20)27-22(30)14-34-25-29-28-24(33-25)18-13-26-19-7-4-3-6-17(18)19/h3-4,6-9,12-13,15,23,26H,5,10-11,14H2,1-2H3,(H,27,30)/t23-/m1/s1. The van der Waals surface area contributed by atoms with E-state index in [2.05, 4.69) is 34.3 Å². The smallest absolute Gasteiger partial charge is 0.277 e. The molecule has 0 spiro atoms. The van der Waals surface area contributed by atoms with Crippen LogP contribution in [-0.2, 0) is 4.79 Å². The van der Waals surface area contributed by atoms with Gasteiger partial charge in [-0.3, -0.25) is 4.79 Å². The summed E-state index contributed by atoms with van der Waals surface area (Å²) in [5.41, 5.74) is 2.82. The van der Waals surface area contributed by atoms with Gasteiger partial charge in [-0.2, -0.15) is 0 Å². The van der Waals surface area contributed by atoms with Crippen LogP contribution in [-0.4, -0.2) is 40.1 Å². The van der Waals surface area contributed by atoms with Gasteiger partial charge in [0, 0.05) is 23.5 Å². The third-order valence-electron chi connectivity index (χ3n) is 5.67. The predicted octanol–water partition coefficient (Wildman–Crippen LogP) is 4.98. The molecule has 2 N–H and O–H groups in total. The Morgan fingerprint density at radius 1 is 1.12 bits per heavy atom. The second kappa shape index (κ2) is 9.80. The number of nitrogens with one attached hydrogen (secondary N) is 2. The molecule has 0 fully saturated rings. The first kappa shape index (κ1) is 22.3. The second-order valence-corrected chi connectivity index (χ2v) is 9.38. The Balaban J connectivity index is 1.23. The van der Waals surface area contributed by atoms with E-state index in [9.17, 15) is 4.79 Å². The number of rotatable bonds is 7. The first-order valence-corrected chi connectivity index (χ1v) is 12.3. The number of ether oxygens (including phenoxy) is 2. The zero-order valence-electron chi connectivity index (χ0n) is 19.0. The van der Waals surface area contributed by atoms with Gasteiger partial charge in [0.1, 0.15) is 0 Å². The number of benzene rings is 2. The van der Waals surface area contributed by atoms with Crippen molar-refractivity contribution < 1.29 is 18.7 Å². The number of amides is 1. The van der Waals surface area contributed by atoms with Crippen molar-refractivity contribution in [3.05, 3.63) is 54.2 Å². The predicted molar refractivity (Wildman–Crippen MR) is 130 cm³/mol. The summed E-state index contributed by atoms with van der Waals surface area (Å²) in [6.45, 7) is 5.42. The van der Waals surface area contributed by atoms with Crippen molar-refractivity contribution in [2.45, 2.75) is 31.5 Å². The summed E-state index contributed by atoms with van der Waals surface area (Å²) >= 11 is 1.22. The summed E-state index contributed by atoms with van der Waals surface area (Å²) in [4.78, 5) is 16.0. The van der Waals surface area contributed by atoms with Crippen molar-refractivity contribution in [3.8, 4) is 23.0 Å². The molecule has 0 bridgehead atoms. The fraction of sp³-hybridized carbons (Fsp3) is 0.320. The summed E-state index contributed by atoms with van der Waals surface area (Å²) in [5.74, 6) is 2.14. The molecule has 1 atom stereocenters. The quantitative estimate of drug-likeness (QED) is 0.361. The van der Waals surface area contributed by atoms with Crippen LogP contribution in [0.2, 0.25) is 0 Å². The van der Waals surface area contributed by atoms with E-state index in [0.29, 0.717) is 24.3 Å². The molecular weight excluding hydrogens is 452 g/mol. The highest BCUT2D eigenvalue weighted by atomic mass is 32.2. The van der Waals surface area contributed by atoms with Gasteiger partial charge in [0.15, 0.2) is 11.5 Å². The summed E-state index contributed by atoms with van der Waals surface area (Å²) in [6, 6.07) is 13.6. The summed E-state index contributed by atoms with van der Waals surface area (Å²) < 4.78 is 17.3. The third kappa shape index (κ3) is 4.75. The van der Waals surface area contributed by atoms with Gasteiger partial charge in [-0.25, -0.2) is 0 Å². The van der Waals surface area contributed by atoms with Gasteiger partial charge < -0.3 is 24.2 Å². The molecule has 4 aromatic rings. The number of aromatic nitrogens is 3. The number of carbonyl (C=O) groups is 1. The molecular formula is C25H26N4O4S. The van der Waals surface area contributed by atoms with Gasteiger partial charge in [0.05, 0.1) is 30.6 Å². The maximum atomic E-state index is 12.8. The molecule has 0 saturated heterocycles. The Morgan fingerprint density at radius 2 is 1.94 bits per heavy atom.